The highest BCUT2D eigenvalue weighted by atomic mass is 35.5. The van der Waals surface area contributed by atoms with E-state index in [0.29, 0.717) is 6.61 Å². The third-order valence-corrected chi connectivity index (χ3v) is 4.37. The Morgan fingerprint density at radius 1 is 0.957 bits per heavy atom. The Morgan fingerprint density at radius 2 is 1.83 bits per heavy atom. The largest absolute Gasteiger partial charge is 0.494 e. The van der Waals surface area contributed by atoms with Crippen LogP contribution in [-0.4, -0.2) is 11.6 Å². The molecule has 0 spiro atoms. The minimum Gasteiger partial charge on any atom is -0.494 e. The van der Waals surface area contributed by atoms with Crippen molar-refractivity contribution in [3.8, 4) is 17.0 Å². The summed E-state index contributed by atoms with van der Waals surface area (Å²) >= 11 is 6.50. The van der Waals surface area contributed by atoms with Crippen LogP contribution in [-0.2, 0) is 0 Å². The van der Waals surface area contributed by atoms with Crippen molar-refractivity contribution in [1.82, 2.24) is 4.98 Å². The first-order valence-corrected chi connectivity index (χ1v) is 8.07. The summed E-state index contributed by atoms with van der Waals surface area (Å²) in [5.41, 5.74) is 3.14. The van der Waals surface area contributed by atoms with Gasteiger partial charge < -0.3 is 9.72 Å². The van der Waals surface area contributed by atoms with E-state index in [1.807, 2.05) is 37.3 Å². The SMILES string of the molecule is CCOc1ccc2[nH]c(-c3c(Cl)ccc4ccccc34)cc2c1. The Labute approximate surface area is 139 Å². The summed E-state index contributed by atoms with van der Waals surface area (Å²) in [7, 11) is 0. The first-order valence-electron chi connectivity index (χ1n) is 7.69. The summed E-state index contributed by atoms with van der Waals surface area (Å²) in [6.45, 7) is 2.65. The van der Waals surface area contributed by atoms with Gasteiger partial charge in [0.05, 0.1) is 11.6 Å². The van der Waals surface area contributed by atoms with Crippen LogP contribution in [0.3, 0.4) is 0 Å². The van der Waals surface area contributed by atoms with E-state index < -0.39 is 0 Å². The zero-order valence-corrected chi connectivity index (χ0v) is 13.5. The van der Waals surface area contributed by atoms with Crippen LogP contribution in [0.2, 0.25) is 5.02 Å². The number of fused-ring (bicyclic) bond motifs is 2. The van der Waals surface area contributed by atoms with Gasteiger partial charge in [-0.25, -0.2) is 0 Å². The molecule has 0 aliphatic rings. The van der Waals surface area contributed by atoms with Crippen LogP contribution < -0.4 is 4.74 Å². The second kappa shape index (κ2) is 5.64. The van der Waals surface area contributed by atoms with Crippen molar-refractivity contribution in [1.29, 1.82) is 0 Å². The van der Waals surface area contributed by atoms with Crippen molar-refractivity contribution in [2.75, 3.05) is 6.61 Å². The quantitative estimate of drug-likeness (QED) is 0.489. The van der Waals surface area contributed by atoms with Crippen LogP contribution in [0.15, 0.2) is 60.7 Å². The Hall–Kier alpha value is -2.45. The molecule has 0 fully saturated rings. The normalized spacial score (nSPS) is 11.2. The monoisotopic (exact) mass is 321 g/mol. The van der Waals surface area contributed by atoms with E-state index >= 15 is 0 Å². The average Bonchev–Trinajstić information content (AvgIpc) is 2.97. The number of H-pyrrole nitrogens is 1. The number of aromatic amines is 1. The smallest absolute Gasteiger partial charge is 0.120 e. The number of ether oxygens (including phenoxy) is 1. The van der Waals surface area contributed by atoms with E-state index in [4.69, 9.17) is 16.3 Å². The van der Waals surface area contributed by atoms with Crippen molar-refractivity contribution < 1.29 is 4.74 Å². The van der Waals surface area contributed by atoms with Gasteiger partial charge in [-0.15, -0.1) is 0 Å². The van der Waals surface area contributed by atoms with Gasteiger partial charge >= 0.3 is 0 Å². The fourth-order valence-corrected chi connectivity index (χ4v) is 3.29. The highest BCUT2D eigenvalue weighted by Gasteiger charge is 2.11. The number of aromatic nitrogens is 1. The summed E-state index contributed by atoms with van der Waals surface area (Å²) < 4.78 is 5.58. The number of hydrogen-bond acceptors (Lipinski definition) is 1. The van der Waals surface area contributed by atoms with E-state index in [9.17, 15) is 0 Å². The number of hydrogen-bond donors (Lipinski definition) is 1. The summed E-state index contributed by atoms with van der Waals surface area (Å²) in [5.74, 6) is 0.884. The van der Waals surface area contributed by atoms with Crippen LogP contribution >= 0.6 is 11.6 Å². The number of rotatable bonds is 3. The molecule has 1 aromatic heterocycles. The molecule has 0 unspecified atom stereocenters. The van der Waals surface area contributed by atoms with E-state index in [1.165, 1.54) is 5.39 Å². The first kappa shape index (κ1) is 14.2. The van der Waals surface area contributed by atoms with Gasteiger partial charge in [0.2, 0.25) is 0 Å². The number of benzene rings is 3. The molecule has 114 valence electrons. The molecule has 0 aliphatic carbocycles. The molecule has 2 nitrogen and oxygen atoms in total. The van der Waals surface area contributed by atoms with Crippen LogP contribution in [0, 0.1) is 0 Å². The Balaban J connectivity index is 1.94. The van der Waals surface area contributed by atoms with Gasteiger partial charge in [0.25, 0.3) is 0 Å². The molecule has 0 amide bonds. The fraction of sp³-hybridized carbons (Fsp3) is 0.100. The highest BCUT2D eigenvalue weighted by Crippen LogP contribution is 2.36. The summed E-state index contributed by atoms with van der Waals surface area (Å²) in [4.78, 5) is 3.47. The highest BCUT2D eigenvalue weighted by molar-refractivity contribution is 6.35. The zero-order chi connectivity index (χ0) is 15.8. The molecule has 0 saturated carbocycles. The average molecular weight is 322 g/mol. The molecule has 4 rings (SSSR count). The zero-order valence-electron chi connectivity index (χ0n) is 12.8. The molecular formula is C20H16ClNO. The van der Waals surface area contributed by atoms with Gasteiger partial charge in [0.1, 0.15) is 5.75 Å². The minimum absolute atomic E-state index is 0.665. The predicted molar refractivity (Wildman–Crippen MR) is 97.4 cm³/mol. The van der Waals surface area contributed by atoms with Gasteiger partial charge in [0, 0.05) is 22.2 Å². The molecule has 3 heteroatoms. The molecule has 1 heterocycles. The molecule has 1 N–H and O–H groups in total. The first-order chi connectivity index (χ1) is 11.3. The molecule has 0 atom stereocenters. The van der Waals surface area contributed by atoms with E-state index in [1.54, 1.807) is 0 Å². The van der Waals surface area contributed by atoms with Crippen LogP contribution in [0.25, 0.3) is 32.9 Å². The lowest BCUT2D eigenvalue weighted by Gasteiger charge is -2.07. The van der Waals surface area contributed by atoms with Crippen LogP contribution in [0.4, 0.5) is 0 Å². The van der Waals surface area contributed by atoms with Crippen LogP contribution in [0.5, 0.6) is 5.75 Å². The molecular weight excluding hydrogens is 306 g/mol. The van der Waals surface area contributed by atoms with Crippen molar-refractivity contribution in [3.63, 3.8) is 0 Å². The van der Waals surface area contributed by atoms with Gasteiger partial charge in [-0.3, -0.25) is 0 Å². The lowest BCUT2D eigenvalue weighted by molar-refractivity contribution is 0.341. The molecule has 0 radical (unpaired) electrons. The van der Waals surface area contributed by atoms with Crippen molar-refractivity contribution in [2.45, 2.75) is 6.92 Å². The van der Waals surface area contributed by atoms with E-state index in [0.717, 1.165) is 38.3 Å². The Bertz CT molecular complexity index is 1000. The third kappa shape index (κ3) is 2.45. The number of halogens is 1. The second-order valence-corrected chi connectivity index (χ2v) is 5.92. The molecule has 4 aromatic rings. The molecule has 3 aromatic carbocycles. The lowest BCUT2D eigenvalue weighted by Crippen LogP contribution is -1.90. The topological polar surface area (TPSA) is 25.0 Å². The maximum Gasteiger partial charge on any atom is 0.120 e. The van der Waals surface area contributed by atoms with E-state index in [-0.39, 0.29) is 0 Å². The van der Waals surface area contributed by atoms with Crippen molar-refractivity contribution >= 4 is 33.3 Å². The molecule has 0 bridgehead atoms. The second-order valence-electron chi connectivity index (χ2n) is 5.51. The summed E-state index contributed by atoms with van der Waals surface area (Å²) in [6, 6.07) is 20.5. The molecule has 0 aliphatic heterocycles. The fourth-order valence-electron chi connectivity index (χ4n) is 3.02. The van der Waals surface area contributed by atoms with E-state index in [2.05, 4.69) is 35.3 Å². The Morgan fingerprint density at radius 3 is 2.70 bits per heavy atom. The Kier molecular flexibility index (Phi) is 3.47. The van der Waals surface area contributed by atoms with Gasteiger partial charge in [0.15, 0.2) is 0 Å². The maximum atomic E-state index is 6.50. The van der Waals surface area contributed by atoms with Crippen molar-refractivity contribution in [3.05, 3.63) is 65.7 Å². The van der Waals surface area contributed by atoms with Crippen LogP contribution in [0.1, 0.15) is 6.92 Å². The van der Waals surface area contributed by atoms with Gasteiger partial charge in [-0.1, -0.05) is 41.9 Å². The van der Waals surface area contributed by atoms with Gasteiger partial charge in [-0.2, -0.15) is 0 Å². The standard InChI is InChI=1S/C20H16ClNO/c1-2-23-15-8-10-18-14(11-15)12-19(22-18)20-16-6-4-3-5-13(16)7-9-17(20)21/h3-12,22H,2H2,1H3. The predicted octanol–water partition coefficient (Wildman–Crippen LogP) is 6.04. The molecule has 23 heavy (non-hydrogen) atoms. The van der Waals surface area contributed by atoms with Gasteiger partial charge in [-0.05, 0) is 48.0 Å². The molecule has 0 saturated heterocycles. The minimum atomic E-state index is 0.665. The maximum absolute atomic E-state index is 6.50. The number of nitrogens with one attached hydrogen (secondary N) is 1. The summed E-state index contributed by atoms with van der Waals surface area (Å²) in [5, 5.41) is 4.20. The summed E-state index contributed by atoms with van der Waals surface area (Å²) in [6.07, 6.45) is 0. The third-order valence-electron chi connectivity index (χ3n) is 4.05. The van der Waals surface area contributed by atoms with Crippen molar-refractivity contribution in [2.24, 2.45) is 0 Å². The lowest BCUT2D eigenvalue weighted by atomic mass is 10.0.